The molecule has 0 unspecified atom stereocenters. The Morgan fingerprint density at radius 1 is 1.83 bits per heavy atom. The molecule has 0 saturated heterocycles. The predicted molar refractivity (Wildman–Crippen MR) is 51.3 cm³/mol. The van der Waals surface area contributed by atoms with Gasteiger partial charge >= 0.3 is 0 Å². The lowest BCUT2D eigenvalue weighted by atomic mass is 10.3. The maximum absolute atomic E-state index is 5.50. The minimum atomic E-state index is 0.759. The number of nitrogens with one attached hydrogen (secondary N) is 1. The first-order valence-corrected chi connectivity index (χ1v) is 4.14. The molecule has 0 aromatic carbocycles. The molecule has 0 spiro atoms. The molecule has 1 aromatic heterocycles. The fourth-order valence-electron chi connectivity index (χ4n) is 0.793. The zero-order valence-electron chi connectivity index (χ0n) is 7.21. The molecule has 1 aromatic rings. The van der Waals surface area contributed by atoms with E-state index in [9.17, 15) is 0 Å². The van der Waals surface area contributed by atoms with E-state index < -0.39 is 0 Å². The first-order chi connectivity index (χ1) is 5.72. The van der Waals surface area contributed by atoms with E-state index in [1.54, 1.807) is 16.4 Å². The van der Waals surface area contributed by atoms with Gasteiger partial charge in [-0.2, -0.15) is 5.10 Å². The zero-order valence-corrected chi connectivity index (χ0v) is 7.97. The minimum absolute atomic E-state index is 0.759. The number of aryl methyl sites for hydroxylation is 1. The van der Waals surface area contributed by atoms with Gasteiger partial charge < -0.3 is 5.32 Å². The fraction of sp³-hybridized carbons (Fsp3) is 0.375. The van der Waals surface area contributed by atoms with Crippen molar-refractivity contribution in [2.75, 3.05) is 11.9 Å². The largest absolute Gasteiger partial charge is 0.379 e. The molecule has 1 N–H and O–H groups in total. The van der Waals surface area contributed by atoms with Crippen LogP contribution in [0.1, 0.15) is 6.92 Å². The van der Waals surface area contributed by atoms with Crippen molar-refractivity contribution < 1.29 is 0 Å². The number of hydrogen-bond acceptors (Lipinski definition) is 2. The average Bonchev–Trinajstić information content (AvgIpc) is 2.47. The van der Waals surface area contributed by atoms with Gasteiger partial charge in [0, 0.05) is 25.3 Å². The fourth-order valence-corrected chi connectivity index (χ4v) is 0.870. The van der Waals surface area contributed by atoms with Crippen molar-refractivity contribution in [2.45, 2.75) is 6.92 Å². The van der Waals surface area contributed by atoms with Crippen molar-refractivity contribution >= 4 is 17.3 Å². The van der Waals surface area contributed by atoms with E-state index in [-0.39, 0.29) is 0 Å². The van der Waals surface area contributed by atoms with Crippen LogP contribution in [0.5, 0.6) is 0 Å². The van der Waals surface area contributed by atoms with Gasteiger partial charge in [-0.05, 0) is 12.5 Å². The Labute approximate surface area is 77.0 Å². The molecule has 66 valence electrons. The summed E-state index contributed by atoms with van der Waals surface area (Å²) in [7, 11) is 1.88. The topological polar surface area (TPSA) is 29.9 Å². The van der Waals surface area contributed by atoms with E-state index in [4.69, 9.17) is 11.6 Å². The van der Waals surface area contributed by atoms with E-state index in [0.29, 0.717) is 0 Å². The molecule has 0 amide bonds. The zero-order chi connectivity index (χ0) is 8.97. The highest BCUT2D eigenvalue weighted by molar-refractivity contribution is 6.25. The molecular weight excluding hydrogens is 174 g/mol. The molecule has 4 heteroatoms. The number of anilines is 1. The Kier molecular flexibility index (Phi) is 3.17. The smallest absolute Gasteiger partial charge is 0.0728 e. The van der Waals surface area contributed by atoms with E-state index >= 15 is 0 Å². The van der Waals surface area contributed by atoms with Gasteiger partial charge in [-0.1, -0.05) is 11.6 Å². The third kappa shape index (κ3) is 2.58. The van der Waals surface area contributed by atoms with Crippen LogP contribution in [0, 0.1) is 0 Å². The molecule has 0 radical (unpaired) electrons. The van der Waals surface area contributed by atoms with Crippen molar-refractivity contribution in [2.24, 2.45) is 7.05 Å². The van der Waals surface area contributed by atoms with Crippen molar-refractivity contribution in [1.82, 2.24) is 9.78 Å². The van der Waals surface area contributed by atoms with Crippen LogP contribution in [0.3, 0.4) is 0 Å². The summed E-state index contributed by atoms with van der Waals surface area (Å²) in [5.41, 5.74) is 3.68. The third-order valence-electron chi connectivity index (χ3n) is 1.46. The molecule has 1 heterocycles. The molecule has 0 aliphatic heterocycles. The van der Waals surface area contributed by atoms with Gasteiger partial charge in [-0.25, -0.2) is 0 Å². The van der Waals surface area contributed by atoms with Crippen LogP contribution in [0.4, 0.5) is 5.69 Å². The highest BCUT2D eigenvalue weighted by Gasteiger charge is 1.93. The van der Waals surface area contributed by atoms with E-state index in [1.807, 2.05) is 20.2 Å². The van der Waals surface area contributed by atoms with E-state index in [0.717, 1.165) is 17.8 Å². The Morgan fingerprint density at radius 2 is 2.58 bits per heavy atom. The molecule has 3 nitrogen and oxygen atoms in total. The van der Waals surface area contributed by atoms with Crippen LogP contribution in [-0.2, 0) is 7.05 Å². The Balaban J connectivity index is 2.43. The summed E-state index contributed by atoms with van der Waals surface area (Å²) >= 11 is 5.50. The summed E-state index contributed by atoms with van der Waals surface area (Å²) < 4.78 is 1.75. The minimum Gasteiger partial charge on any atom is -0.379 e. The van der Waals surface area contributed by atoms with Crippen LogP contribution in [0.2, 0.25) is 0 Å². The highest BCUT2D eigenvalue weighted by atomic mass is 35.5. The SMILES string of the molecule is CC(=CCl)CNc1cnn(C)c1. The van der Waals surface area contributed by atoms with Gasteiger partial charge in [-0.15, -0.1) is 0 Å². The van der Waals surface area contributed by atoms with Gasteiger partial charge in [0.25, 0.3) is 0 Å². The Bertz CT molecular complexity index is 278. The van der Waals surface area contributed by atoms with Gasteiger partial charge in [0.05, 0.1) is 11.9 Å². The van der Waals surface area contributed by atoms with Gasteiger partial charge in [0.1, 0.15) is 0 Å². The summed E-state index contributed by atoms with van der Waals surface area (Å²) in [6.45, 7) is 2.73. The molecule has 0 saturated carbocycles. The van der Waals surface area contributed by atoms with Crippen molar-refractivity contribution in [3.8, 4) is 0 Å². The number of halogens is 1. The summed E-state index contributed by atoms with van der Waals surface area (Å²) in [5.74, 6) is 0. The quantitative estimate of drug-likeness (QED) is 0.781. The predicted octanol–water partition coefficient (Wildman–Crippen LogP) is 1.97. The standard InChI is InChI=1S/C8H12ClN3/c1-7(3-9)4-10-8-5-11-12(2)6-8/h3,5-6,10H,4H2,1-2H3. The maximum Gasteiger partial charge on any atom is 0.0728 e. The van der Waals surface area contributed by atoms with Crippen LogP contribution < -0.4 is 5.32 Å². The lowest BCUT2D eigenvalue weighted by molar-refractivity contribution is 0.768. The van der Waals surface area contributed by atoms with Gasteiger partial charge in [0.15, 0.2) is 0 Å². The van der Waals surface area contributed by atoms with Crippen molar-refractivity contribution in [1.29, 1.82) is 0 Å². The van der Waals surface area contributed by atoms with Crippen molar-refractivity contribution in [3.63, 3.8) is 0 Å². The normalized spacial score (nSPS) is 11.8. The number of nitrogens with zero attached hydrogens (tertiary/aromatic N) is 2. The molecule has 0 fully saturated rings. The molecular formula is C8H12ClN3. The summed E-state index contributed by atoms with van der Waals surface area (Å²) in [4.78, 5) is 0. The number of aromatic nitrogens is 2. The summed E-state index contributed by atoms with van der Waals surface area (Å²) in [6.07, 6.45) is 3.70. The number of hydrogen-bond donors (Lipinski definition) is 1. The highest BCUT2D eigenvalue weighted by Crippen LogP contribution is 2.04. The summed E-state index contributed by atoms with van der Waals surface area (Å²) in [5, 5.41) is 7.20. The van der Waals surface area contributed by atoms with Crippen molar-refractivity contribution in [3.05, 3.63) is 23.5 Å². The first kappa shape index (κ1) is 9.13. The van der Waals surface area contributed by atoms with Crippen LogP contribution in [0.15, 0.2) is 23.5 Å². The van der Waals surface area contributed by atoms with Crippen LogP contribution in [-0.4, -0.2) is 16.3 Å². The van der Waals surface area contributed by atoms with Crippen LogP contribution in [0.25, 0.3) is 0 Å². The van der Waals surface area contributed by atoms with Crippen LogP contribution >= 0.6 is 11.6 Å². The molecule has 1 rings (SSSR count). The lowest BCUT2D eigenvalue weighted by Gasteiger charge is -2.01. The van der Waals surface area contributed by atoms with Gasteiger partial charge in [-0.3, -0.25) is 4.68 Å². The molecule has 0 atom stereocenters. The Morgan fingerprint density at radius 3 is 3.08 bits per heavy atom. The lowest BCUT2D eigenvalue weighted by Crippen LogP contribution is -2.01. The first-order valence-electron chi connectivity index (χ1n) is 3.70. The van der Waals surface area contributed by atoms with E-state index in [2.05, 4.69) is 10.4 Å². The second-order valence-electron chi connectivity index (χ2n) is 2.71. The second-order valence-corrected chi connectivity index (χ2v) is 2.93. The average molecular weight is 186 g/mol. The third-order valence-corrected chi connectivity index (χ3v) is 1.84. The Hall–Kier alpha value is -0.960. The van der Waals surface area contributed by atoms with Gasteiger partial charge in [0.2, 0.25) is 0 Å². The maximum atomic E-state index is 5.50. The molecule has 0 aliphatic rings. The molecule has 0 bridgehead atoms. The summed E-state index contributed by atoms with van der Waals surface area (Å²) in [6, 6.07) is 0. The molecule has 12 heavy (non-hydrogen) atoms. The number of rotatable bonds is 3. The monoisotopic (exact) mass is 185 g/mol. The second kappa shape index (κ2) is 4.16. The molecule has 0 aliphatic carbocycles. The van der Waals surface area contributed by atoms with E-state index in [1.165, 1.54) is 0 Å².